The van der Waals surface area contributed by atoms with Crippen LogP contribution in [0.5, 0.6) is 0 Å². The minimum atomic E-state index is -0.566. The van der Waals surface area contributed by atoms with E-state index in [0.29, 0.717) is 33.8 Å². The molecular formula is C28H33Cl2FN4O2. The molecule has 0 saturated carbocycles. The van der Waals surface area contributed by atoms with Crippen molar-refractivity contribution in [1.29, 1.82) is 0 Å². The smallest absolute Gasteiger partial charge is 0.324 e. The number of hydrogen-bond donors (Lipinski definition) is 1. The number of amides is 3. The first-order valence-corrected chi connectivity index (χ1v) is 13.3. The molecule has 2 aromatic rings. The van der Waals surface area contributed by atoms with E-state index in [9.17, 15) is 14.0 Å². The second kappa shape index (κ2) is 11.8. The number of carbonyl (C=O) groups excluding carboxylic acids is 2. The van der Waals surface area contributed by atoms with Gasteiger partial charge in [-0.3, -0.25) is 4.79 Å². The topological polar surface area (TPSA) is 55.9 Å². The van der Waals surface area contributed by atoms with Crippen LogP contribution in [0.15, 0.2) is 53.7 Å². The third-order valence-electron chi connectivity index (χ3n) is 7.51. The van der Waals surface area contributed by atoms with Gasteiger partial charge < -0.3 is 20.0 Å². The summed E-state index contributed by atoms with van der Waals surface area (Å²) in [5.41, 5.74) is 3.06. The van der Waals surface area contributed by atoms with Crippen molar-refractivity contribution >= 4 is 35.1 Å². The molecular weight excluding hydrogens is 514 g/mol. The number of likely N-dealkylation sites (tertiary alicyclic amines) is 1. The molecule has 6 nitrogen and oxygen atoms in total. The molecule has 2 heterocycles. The van der Waals surface area contributed by atoms with E-state index >= 15 is 0 Å². The van der Waals surface area contributed by atoms with Gasteiger partial charge in [0.2, 0.25) is 0 Å². The molecule has 1 fully saturated rings. The van der Waals surface area contributed by atoms with Gasteiger partial charge in [0.1, 0.15) is 5.82 Å². The Labute approximate surface area is 228 Å². The average Bonchev–Trinajstić information content (AvgIpc) is 2.89. The highest BCUT2D eigenvalue weighted by atomic mass is 35.5. The Hall–Kier alpha value is -2.61. The molecule has 9 heteroatoms. The van der Waals surface area contributed by atoms with Gasteiger partial charge in [-0.2, -0.15) is 0 Å². The van der Waals surface area contributed by atoms with Crippen LogP contribution in [0, 0.1) is 5.82 Å². The molecule has 2 aromatic carbocycles. The van der Waals surface area contributed by atoms with Crippen LogP contribution < -0.4 is 5.32 Å². The van der Waals surface area contributed by atoms with E-state index in [0.717, 1.165) is 44.5 Å². The number of nitrogens with zero attached hydrogens (tertiary/aromatic N) is 3. The highest BCUT2D eigenvalue weighted by Crippen LogP contribution is 2.37. The van der Waals surface area contributed by atoms with Crippen LogP contribution in [-0.2, 0) is 4.79 Å². The fraction of sp³-hybridized carbons (Fsp3) is 0.429. The van der Waals surface area contributed by atoms with Crippen LogP contribution in [-0.4, -0.2) is 66.9 Å². The lowest BCUT2D eigenvalue weighted by molar-refractivity contribution is -0.118. The number of halogens is 3. The van der Waals surface area contributed by atoms with Crippen LogP contribution in [0.3, 0.4) is 0 Å². The second-order valence-corrected chi connectivity index (χ2v) is 10.6. The normalized spacial score (nSPS) is 19.5. The third kappa shape index (κ3) is 6.11. The van der Waals surface area contributed by atoms with Crippen molar-refractivity contribution in [2.75, 3.05) is 40.3 Å². The molecule has 1 N–H and O–H groups in total. The molecule has 2 aliphatic rings. The van der Waals surface area contributed by atoms with Gasteiger partial charge in [0.25, 0.3) is 5.91 Å². The van der Waals surface area contributed by atoms with E-state index in [-0.39, 0.29) is 17.8 Å². The Morgan fingerprint density at radius 1 is 1.03 bits per heavy atom. The molecule has 3 amide bonds. The molecule has 0 aromatic heterocycles. The van der Waals surface area contributed by atoms with Gasteiger partial charge >= 0.3 is 6.03 Å². The molecule has 0 unspecified atom stereocenters. The molecule has 0 spiro atoms. The summed E-state index contributed by atoms with van der Waals surface area (Å²) < 4.78 is 13.2. The predicted octanol–water partition coefficient (Wildman–Crippen LogP) is 5.83. The zero-order valence-electron chi connectivity index (χ0n) is 21.4. The Balaban J connectivity index is 1.34. The quantitative estimate of drug-likeness (QED) is 0.444. The number of allylic oxidation sites excluding steroid dienone is 1. The van der Waals surface area contributed by atoms with Crippen molar-refractivity contribution in [3.05, 3.63) is 80.7 Å². The Bertz CT molecular complexity index is 1180. The number of nitrogens with one attached hydrogen (secondary N) is 1. The summed E-state index contributed by atoms with van der Waals surface area (Å²) in [6, 6.07) is 11.3. The van der Waals surface area contributed by atoms with Crippen molar-refractivity contribution in [3.8, 4) is 0 Å². The maximum Gasteiger partial charge on any atom is 0.324 e. The summed E-state index contributed by atoms with van der Waals surface area (Å²) in [6.07, 6.45) is 2.91. The molecule has 37 heavy (non-hydrogen) atoms. The van der Waals surface area contributed by atoms with Gasteiger partial charge in [0, 0.05) is 26.3 Å². The summed E-state index contributed by atoms with van der Waals surface area (Å²) in [7, 11) is 3.35. The van der Waals surface area contributed by atoms with Crippen molar-refractivity contribution in [1.82, 2.24) is 20.0 Å². The Kier molecular flexibility index (Phi) is 8.78. The van der Waals surface area contributed by atoms with Gasteiger partial charge in [-0.15, -0.1) is 0 Å². The molecule has 4 rings (SSSR count). The fourth-order valence-corrected chi connectivity index (χ4v) is 5.56. The van der Waals surface area contributed by atoms with Crippen LogP contribution in [0.2, 0.25) is 10.0 Å². The lowest BCUT2D eigenvalue weighted by atomic mass is 9.89. The van der Waals surface area contributed by atoms with E-state index in [1.165, 1.54) is 22.6 Å². The van der Waals surface area contributed by atoms with Crippen molar-refractivity contribution in [3.63, 3.8) is 0 Å². The van der Waals surface area contributed by atoms with Gasteiger partial charge in [-0.1, -0.05) is 41.4 Å². The lowest BCUT2D eigenvalue weighted by Gasteiger charge is -2.40. The first-order valence-electron chi connectivity index (χ1n) is 12.6. The van der Waals surface area contributed by atoms with E-state index < -0.39 is 6.04 Å². The molecule has 0 aliphatic carbocycles. The molecule has 198 valence electrons. The number of carbonyl (C=O) groups is 2. The standard InChI is InChI=1S/C28H33Cl2FN4O2/c1-18-25(26(34(3)28(37)33(18)2)21-7-10-23(29)24(30)17-21)27(36)32-13-4-14-35-15-11-20(12-16-35)19-5-8-22(31)9-6-19/h5-10,17,20,26H,4,11-16H2,1-3H3,(H,32,36)/t26-/m1/s1. The maximum absolute atomic E-state index is 13.4. The van der Waals surface area contributed by atoms with Crippen LogP contribution in [0.4, 0.5) is 9.18 Å². The first kappa shape index (κ1) is 27.4. The predicted molar refractivity (Wildman–Crippen MR) is 145 cm³/mol. The minimum absolute atomic E-state index is 0.199. The minimum Gasteiger partial charge on any atom is -0.352 e. The monoisotopic (exact) mass is 546 g/mol. The number of benzene rings is 2. The van der Waals surface area contributed by atoms with Gasteiger partial charge in [-0.25, -0.2) is 9.18 Å². The summed E-state index contributed by atoms with van der Waals surface area (Å²) in [5, 5.41) is 3.85. The van der Waals surface area contributed by atoms with E-state index in [2.05, 4.69) is 10.2 Å². The van der Waals surface area contributed by atoms with Crippen LogP contribution >= 0.6 is 23.2 Å². The second-order valence-electron chi connectivity index (χ2n) is 9.80. The van der Waals surface area contributed by atoms with Gasteiger partial charge in [-0.05, 0) is 87.1 Å². The van der Waals surface area contributed by atoms with Crippen LogP contribution in [0.25, 0.3) is 0 Å². The van der Waals surface area contributed by atoms with E-state index in [4.69, 9.17) is 23.2 Å². The average molecular weight is 548 g/mol. The summed E-state index contributed by atoms with van der Waals surface area (Å²) in [4.78, 5) is 31.6. The third-order valence-corrected chi connectivity index (χ3v) is 8.25. The van der Waals surface area contributed by atoms with E-state index in [1.807, 2.05) is 12.1 Å². The number of urea groups is 1. The molecule has 1 saturated heterocycles. The summed E-state index contributed by atoms with van der Waals surface area (Å²) >= 11 is 12.4. The number of rotatable bonds is 7. The lowest BCUT2D eigenvalue weighted by Crippen LogP contribution is -2.48. The maximum atomic E-state index is 13.4. The van der Waals surface area contributed by atoms with Gasteiger partial charge in [0.15, 0.2) is 0 Å². The number of hydrogen-bond acceptors (Lipinski definition) is 3. The SMILES string of the molecule is CC1=C(C(=O)NCCCN2CCC(c3ccc(F)cc3)CC2)[C@@H](c2ccc(Cl)c(Cl)c2)N(C)C(=O)N1C. The fourth-order valence-electron chi connectivity index (χ4n) is 5.25. The summed E-state index contributed by atoms with van der Waals surface area (Å²) in [6.45, 7) is 5.18. The molecule has 1 atom stereocenters. The van der Waals surface area contributed by atoms with Gasteiger partial charge in [0.05, 0.1) is 21.7 Å². The molecule has 0 bridgehead atoms. The van der Waals surface area contributed by atoms with Crippen molar-refractivity contribution in [2.45, 2.75) is 38.1 Å². The van der Waals surface area contributed by atoms with Crippen molar-refractivity contribution in [2.24, 2.45) is 0 Å². The van der Waals surface area contributed by atoms with Crippen molar-refractivity contribution < 1.29 is 14.0 Å². The molecule has 2 aliphatic heterocycles. The first-order chi connectivity index (χ1) is 17.7. The summed E-state index contributed by atoms with van der Waals surface area (Å²) in [5.74, 6) is 0.0677. The largest absolute Gasteiger partial charge is 0.352 e. The number of piperidine rings is 1. The number of likely N-dealkylation sites (N-methyl/N-ethyl adjacent to an activating group) is 1. The highest BCUT2D eigenvalue weighted by molar-refractivity contribution is 6.42. The Morgan fingerprint density at radius 3 is 2.32 bits per heavy atom. The Morgan fingerprint density at radius 2 is 1.68 bits per heavy atom. The zero-order valence-corrected chi connectivity index (χ0v) is 22.9. The highest BCUT2D eigenvalue weighted by Gasteiger charge is 2.38. The van der Waals surface area contributed by atoms with Crippen LogP contribution in [0.1, 0.15) is 49.3 Å². The zero-order chi connectivity index (χ0) is 26.7. The molecule has 0 radical (unpaired) electrons. The van der Waals surface area contributed by atoms with E-state index in [1.54, 1.807) is 44.1 Å².